The molecule has 0 amide bonds. The number of benzene rings is 1. The minimum Gasteiger partial charge on any atom is -0.272 e. The van der Waals surface area contributed by atoms with Crippen LogP contribution in [0, 0.1) is 5.82 Å². The summed E-state index contributed by atoms with van der Waals surface area (Å²) in [6, 6.07) is 5.84. The minimum atomic E-state index is -4.37. The van der Waals surface area contributed by atoms with E-state index in [1.54, 1.807) is 12.1 Å². The van der Waals surface area contributed by atoms with Gasteiger partial charge in [-0.15, -0.1) is 0 Å². The Balaban J connectivity index is 1.98. The molecule has 0 radical (unpaired) electrons. The van der Waals surface area contributed by atoms with Gasteiger partial charge in [-0.25, -0.2) is 4.39 Å². The molecule has 0 atom stereocenters. The summed E-state index contributed by atoms with van der Waals surface area (Å²) in [5.41, 5.74) is 0.0852. The summed E-state index contributed by atoms with van der Waals surface area (Å²) < 4.78 is 50.8. The Bertz CT molecular complexity index is 514. The van der Waals surface area contributed by atoms with Crippen molar-refractivity contribution in [1.29, 1.82) is 0 Å². The maximum Gasteiger partial charge on any atom is 0.419 e. The maximum absolute atomic E-state index is 12.6. The molecule has 0 fully saturated rings. The molecular formula is C12H10F4N2. The topological polar surface area (TPSA) is 17.8 Å². The summed E-state index contributed by atoms with van der Waals surface area (Å²) in [5.74, 6) is -0.336. The van der Waals surface area contributed by atoms with Gasteiger partial charge in [-0.1, -0.05) is 12.1 Å². The molecule has 18 heavy (non-hydrogen) atoms. The summed E-state index contributed by atoms with van der Waals surface area (Å²) in [4.78, 5) is 0. The van der Waals surface area contributed by atoms with Gasteiger partial charge in [-0.3, -0.25) is 4.68 Å². The van der Waals surface area contributed by atoms with Gasteiger partial charge < -0.3 is 0 Å². The van der Waals surface area contributed by atoms with Crippen molar-refractivity contribution in [2.75, 3.05) is 0 Å². The molecule has 2 nitrogen and oxygen atoms in total. The average molecular weight is 258 g/mol. The Kier molecular flexibility index (Phi) is 3.36. The molecule has 2 aromatic rings. The summed E-state index contributed by atoms with van der Waals surface area (Å²) in [6.45, 7) is 0.321. The van der Waals surface area contributed by atoms with E-state index in [2.05, 4.69) is 5.10 Å². The summed E-state index contributed by atoms with van der Waals surface area (Å²) in [5, 5.41) is 3.64. The normalized spacial score (nSPS) is 11.8. The van der Waals surface area contributed by atoms with Crippen molar-refractivity contribution in [3.05, 3.63) is 53.6 Å². The highest BCUT2D eigenvalue weighted by molar-refractivity contribution is 5.16. The first-order chi connectivity index (χ1) is 8.45. The smallest absolute Gasteiger partial charge is 0.272 e. The highest BCUT2D eigenvalue weighted by atomic mass is 19.4. The quantitative estimate of drug-likeness (QED) is 0.772. The SMILES string of the molecule is Fc1ccc(CCn2cc(C(F)(F)F)cn2)cc1. The van der Waals surface area contributed by atoms with Crippen molar-refractivity contribution < 1.29 is 17.6 Å². The molecule has 1 aromatic carbocycles. The van der Waals surface area contributed by atoms with Crippen molar-refractivity contribution in [2.24, 2.45) is 0 Å². The number of halogens is 4. The fraction of sp³-hybridized carbons (Fsp3) is 0.250. The molecule has 1 aromatic heterocycles. The van der Waals surface area contributed by atoms with E-state index in [4.69, 9.17) is 0 Å². The van der Waals surface area contributed by atoms with E-state index < -0.39 is 11.7 Å². The van der Waals surface area contributed by atoms with Crippen molar-refractivity contribution in [1.82, 2.24) is 9.78 Å². The van der Waals surface area contributed by atoms with E-state index in [0.717, 1.165) is 18.0 Å². The number of hydrogen-bond donors (Lipinski definition) is 0. The molecule has 0 saturated carbocycles. The van der Waals surface area contributed by atoms with Gasteiger partial charge in [0.05, 0.1) is 11.8 Å². The fourth-order valence-corrected chi connectivity index (χ4v) is 1.53. The molecule has 0 aliphatic carbocycles. The van der Waals surface area contributed by atoms with Gasteiger partial charge >= 0.3 is 6.18 Å². The van der Waals surface area contributed by atoms with E-state index in [1.807, 2.05) is 0 Å². The van der Waals surface area contributed by atoms with Crippen LogP contribution in [0.1, 0.15) is 11.1 Å². The maximum atomic E-state index is 12.6. The Labute approximate surface area is 101 Å². The summed E-state index contributed by atoms with van der Waals surface area (Å²) in [7, 11) is 0. The standard InChI is InChI=1S/C12H10F4N2/c13-11-3-1-9(2-4-11)5-6-18-8-10(7-17-18)12(14,15)16/h1-4,7-8H,5-6H2. The molecule has 2 rings (SSSR count). The lowest BCUT2D eigenvalue weighted by atomic mass is 10.1. The molecule has 0 N–H and O–H groups in total. The average Bonchev–Trinajstić information content (AvgIpc) is 2.77. The van der Waals surface area contributed by atoms with E-state index in [9.17, 15) is 17.6 Å². The van der Waals surface area contributed by atoms with Crippen molar-refractivity contribution in [2.45, 2.75) is 19.1 Å². The summed E-state index contributed by atoms with van der Waals surface area (Å²) in [6.07, 6.45) is -2.11. The number of rotatable bonds is 3. The number of alkyl halides is 3. The van der Waals surface area contributed by atoms with Crippen LogP contribution < -0.4 is 0 Å². The van der Waals surface area contributed by atoms with Crippen LogP contribution in [0.25, 0.3) is 0 Å². The Morgan fingerprint density at radius 3 is 2.33 bits per heavy atom. The monoisotopic (exact) mass is 258 g/mol. The third-order valence-electron chi connectivity index (χ3n) is 2.50. The lowest BCUT2D eigenvalue weighted by Gasteiger charge is -2.03. The molecule has 0 spiro atoms. The highest BCUT2D eigenvalue weighted by Gasteiger charge is 2.32. The molecule has 1 heterocycles. The van der Waals surface area contributed by atoms with Crippen LogP contribution in [0.2, 0.25) is 0 Å². The van der Waals surface area contributed by atoms with Crippen molar-refractivity contribution >= 4 is 0 Å². The second-order valence-electron chi connectivity index (χ2n) is 3.87. The van der Waals surface area contributed by atoms with Crippen LogP contribution in [0.5, 0.6) is 0 Å². The van der Waals surface area contributed by atoms with Gasteiger partial charge in [0.15, 0.2) is 0 Å². The third-order valence-corrected chi connectivity index (χ3v) is 2.50. The molecule has 0 bridgehead atoms. The van der Waals surface area contributed by atoms with E-state index in [0.29, 0.717) is 13.0 Å². The molecule has 0 unspecified atom stereocenters. The minimum absolute atomic E-state index is 0.321. The van der Waals surface area contributed by atoms with E-state index in [1.165, 1.54) is 16.8 Å². The van der Waals surface area contributed by atoms with Crippen LogP contribution in [-0.2, 0) is 19.1 Å². The zero-order valence-corrected chi connectivity index (χ0v) is 9.28. The molecule has 0 aliphatic rings. The second-order valence-corrected chi connectivity index (χ2v) is 3.87. The lowest BCUT2D eigenvalue weighted by Crippen LogP contribution is -2.04. The highest BCUT2D eigenvalue weighted by Crippen LogP contribution is 2.28. The van der Waals surface area contributed by atoms with Crippen LogP contribution >= 0.6 is 0 Å². The van der Waals surface area contributed by atoms with E-state index in [-0.39, 0.29) is 5.82 Å². The van der Waals surface area contributed by atoms with Crippen LogP contribution in [-0.4, -0.2) is 9.78 Å². The van der Waals surface area contributed by atoms with Crippen LogP contribution in [0.3, 0.4) is 0 Å². The molecular weight excluding hydrogens is 248 g/mol. The first-order valence-electron chi connectivity index (χ1n) is 5.29. The van der Waals surface area contributed by atoms with Crippen molar-refractivity contribution in [3.63, 3.8) is 0 Å². The first-order valence-corrected chi connectivity index (χ1v) is 5.29. The second kappa shape index (κ2) is 4.80. The van der Waals surface area contributed by atoms with Gasteiger partial charge in [0.2, 0.25) is 0 Å². The Morgan fingerprint density at radius 2 is 1.78 bits per heavy atom. The van der Waals surface area contributed by atoms with Gasteiger partial charge in [-0.2, -0.15) is 18.3 Å². The zero-order chi connectivity index (χ0) is 13.2. The fourth-order valence-electron chi connectivity index (χ4n) is 1.53. The third kappa shape index (κ3) is 3.09. The van der Waals surface area contributed by atoms with Gasteiger partial charge in [0, 0.05) is 12.7 Å². The first kappa shape index (κ1) is 12.6. The predicted molar refractivity (Wildman–Crippen MR) is 57.3 cm³/mol. The van der Waals surface area contributed by atoms with Gasteiger partial charge in [0.1, 0.15) is 5.82 Å². The number of aryl methyl sites for hydroxylation is 2. The van der Waals surface area contributed by atoms with E-state index >= 15 is 0 Å². The van der Waals surface area contributed by atoms with Crippen LogP contribution in [0.4, 0.5) is 17.6 Å². The van der Waals surface area contributed by atoms with Crippen molar-refractivity contribution in [3.8, 4) is 0 Å². The molecule has 0 saturated heterocycles. The number of aromatic nitrogens is 2. The lowest BCUT2D eigenvalue weighted by molar-refractivity contribution is -0.137. The molecule has 96 valence electrons. The zero-order valence-electron chi connectivity index (χ0n) is 9.28. The van der Waals surface area contributed by atoms with Gasteiger partial charge in [-0.05, 0) is 24.1 Å². The largest absolute Gasteiger partial charge is 0.419 e. The summed E-state index contributed by atoms with van der Waals surface area (Å²) >= 11 is 0. The number of hydrogen-bond acceptors (Lipinski definition) is 1. The molecule has 6 heteroatoms. The number of nitrogens with zero attached hydrogens (tertiary/aromatic N) is 2. The van der Waals surface area contributed by atoms with Crippen LogP contribution in [0.15, 0.2) is 36.7 Å². The van der Waals surface area contributed by atoms with Gasteiger partial charge in [0.25, 0.3) is 0 Å². The Morgan fingerprint density at radius 1 is 1.11 bits per heavy atom. The molecule has 0 aliphatic heterocycles. The predicted octanol–water partition coefficient (Wildman–Crippen LogP) is 3.28. The Hall–Kier alpha value is -1.85.